The summed E-state index contributed by atoms with van der Waals surface area (Å²) in [5.74, 6) is -1.69. The first-order valence-corrected chi connectivity index (χ1v) is 8.82. The van der Waals surface area contributed by atoms with Gasteiger partial charge in [0.1, 0.15) is 10.8 Å². The molecule has 1 aromatic heterocycles. The van der Waals surface area contributed by atoms with E-state index in [2.05, 4.69) is 15.5 Å². The number of primary sulfonamides is 1. The van der Waals surface area contributed by atoms with Crippen LogP contribution in [0.2, 0.25) is 0 Å². The van der Waals surface area contributed by atoms with E-state index in [4.69, 9.17) is 5.14 Å². The molecular formula is C13H15FN4O3S2. The predicted molar refractivity (Wildman–Crippen MR) is 84.3 cm³/mol. The molecule has 2 aromatic rings. The largest absolute Gasteiger partial charge is 0.296 e. The zero-order valence-electron chi connectivity index (χ0n) is 12.6. The van der Waals surface area contributed by atoms with E-state index in [-0.39, 0.29) is 15.4 Å². The summed E-state index contributed by atoms with van der Waals surface area (Å²) in [6.07, 6.45) is 0. The minimum absolute atomic E-state index is 0.195. The SMILES string of the molecule is CC(C)(C)c1nnc(NC(=O)c2cc(S(N)(=O)=O)ccc2F)s1. The number of hydrogen-bond donors (Lipinski definition) is 2. The highest BCUT2D eigenvalue weighted by molar-refractivity contribution is 7.89. The molecule has 0 aliphatic rings. The van der Waals surface area contributed by atoms with Gasteiger partial charge in [0.25, 0.3) is 5.91 Å². The zero-order valence-corrected chi connectivity index (χ0v) is 14.3. The molecule has 3 N–H and O–H groups in total. The number of nitrogens with zero attached hydrogens (tertiary/aromatic N) is 2. The van der Waals surface area contributed by atoms with Crippen molar-refractivity contribution < 1.29 is 17.6 Å². The van der Waals surface area contributed by atoms with Gasteiger partial charge in [-0.15, -0.1) is 10.2 Å². The maximum Gasteiger partial charge on any atom is 0.260 e. The van der Waals surface area contributed by atoms with Crippen LogP contribution < -0.4 is 10.5 Å². The molecule has 1 heterocycles. The molecule has 0 aliphatic carbocycles. The van der Waals surface area contributed by atoms with E-state index in [0.29, 0.717) is 5.01 Å². The van der Waals surface area contributed by atoms with E-state index >= 15 is 0 Å². The molecular weight excluding hydrogens is 343 g/mol. The number of carbonyl (C=O) groups excluding carboxylic acids is 1. The summed E-state index contributed by atoms with van der Waals surface area (Å²) < 4.78 is 36.4. The topological polar surface area (TPSA) is 115 Å². The summed E-state index contributed by atoms with van der Waals surface area (Å²) >= 11 is 1.16. The summed E-state index contributed by atoms with van der Waals surface area (Å²) in [5, 5.41) is 16.1. The summed E-state index contributed by atoms with van der Waals surface area (Å²) in [4.78, 5) is 11.8. The highest BCUT2D eigenvalue weighted by Crippen LogP contribution is 2.28. The van der Waals surface area contributed by atoms with E-state index in [9.17, 15) is 17.6 Å². The lowest BCUT2D eigenvalue weighted by atomic mass is 9.98. The van der Waals surface area contributed by atoms with E-state index in [1.54, 1.807) is 0 Å². The van der Waals surface area contributed by atoms with Crippen LogP contribution in [0.3, 0.4) is 0 Å². The number of anilines is 1. The highest BCUT2D eigenvalue weighted by Gasteiger charge is 2.22. The average molecular weight is 358 g/mol. The molecule has 23 heavy (non-hydrogen) atoms. The van der Waals surface area contributed by atoms with E-state index < -0.39 is 27.3 Å². The number of rotatable bonds is 3. The van der Waals surface area contributed by atoms with Crippen molar-refractivity contribution in [1.82, 2.24) is 10.2 Å². The van der Waals surface area contributed by atoms with Gasteiger partial charge in [0.2, 0.25) is 15.2 Å². The predicted octanol–water partition coefficient (Wildman–Crippen LogP) is 1.87. The fourth-order valence-electron chi connectivity index (χ4n) is 1.60. The zero-order chi connectivity index (χ0) is 17.4. The maximum absolute atomic E-state index is 13.8. The van der Waals surface area contributed by atoms with Crippen molar-refractivity contribution in [2.24, 2.45) is 5.14 Å². The summed E-state index contributed by atoms with van der Waals surface area (Å²) in [6.45, 7) is 5.82. The van der Waals surface area contributed by atoms with E-state index in [1.807, 2.05) is 20.8 Å². The second kappa shape index (κ2) is 5.95. The smallest absolute Gasteiger partial charge is 0.260 e. The first-order valence-electron chi connectivity index (χ1n) is 6.46. The fraction of sp³-hybridized carbons (Fsp3) is 0.308. The van der Waals surface area contributed by atoms with Crippen molar-refractivity contribution in [2.75, 3.05) is 5.32 Å². The molecule has 0 aliphatic heterocycles. The van der Waals surface area contributed by atoms with Gasteiger partial charge in [-0.1, -0.05) is 32.1 Å². The molecule has 10 heteroatoms. The molecule has 0 spiro atoms. The van der Waals surface area contributed by atoms with Crippen LogP contribution in [0.4, 0.5) is 9.52 Å². The molecule has 7 nitrogen and oxygen atoms in total. The quantitative estimate of drug-likeness (QED) is 0.869. The van der Waals surface area contributed by atoms with Gasteiger partial charge in [0, 0.05) is 5.41 Å². The molecule has 0 bridgehead atoms. The van der Waals surface area contributed by atoms with E-state index in [1.165, 1.54) is 0 Å². The third kappa shape index (κ3) is 4.09. The van der Waals surface area contributed by atoms with Crippen molar-refractivity contribution in [3.8, 4) is 0 Å². The number of amides is 1. The Labute approximate surface area is 136 Å². The van der Waals surface area contributed by atoms with Crippen LogP contribution in [0.1, 0.15) is 36.1 Å². The lowest BCUT2D eigenvalue weighted by Crippen LogP contribution is -2.17. The number of halogens is 1. The van der Waals surface area contributed by atoms with Crippen molar-refractivity contribution in [3.05, 3.63) is 34.6 Å². The molecule has 0 atom stereocenters. The van der Waals surface area contributed by atoms with Crippen LogP contribution in [0.25, 0.3) is 0 Å². The molecule has 0 radical (unpaired) electrons. The number of aromatic nitrogens is 2. The van der Waals surface area contributed by atoms with Gasteiger partial charge in [-0.2, -0.15) is 0 Å². The molecule has 0 unspecified atom stereocenters. The average Bonchev–Trinajstić information content (AvgIpc) is 2.86. The maximum atomic E-state index is 13.8. The van der Waals surface area contributed by atoms with Crippen molar-refractivity contribution >= 4 is 32.4 Å². The molecule has 1 aromatic carbocycles. The fourth-order valence-corrected chi connectivity index (χ4v) is 2.93. The third-order valence-corrected chi connectivity index (χ3v) is 4.97. The lowest BCUT2D eigenvalue weighted by molar-refractivity contribution is 0.102. The van der Waals surface area contributed by atoms with Crippen LogP contribution in [-0.2, 0) is 15.4 Å². The normalized spacial score (nSPS) is 12.2. The van der Waals surface area contributed by atoms with Gasteiger partial charge in [0.05, 0.1) is 10.5 Å². The van der Waals surface area contributed by atoms with Gasteiger partial charge in [-0.3, -0.25) is 10.1 Å². The Hall–Kier alpha value is -1.91. The summed E-state index contributed by atoms with van der Waals surface area (Å²) in [6, 6.07) is 2.74. The number of nitrogens with one attached hydrogen (secondary N) is 1. The van der Waals surface area contributed by atoms with Gasteiger partial charge in [-0.25, -0.2) is 17.9 Å². The Bertz CT molecular complexity index is 856. The molecule has 0 saturated heterocycles. The Morgan fingerprint density at radius 1 is 1.30 bits per heavy atom. The molecule has 2 rings (SSSR count). The van der Waals surface area contributed by atoms with Gasteiger partial charge < -0.3 is 0 Å². The Kier molecular flexibility index (Phi) is 4.51. The van der Waals surface area contributed by atoms with E-state index in [0.717, 1.165) is 29.5 Å². The summed E-state index contributed by atoms with van der Waals surface area (Å²) in [7, 11) is -4.04. The van der Waals surface area contributed by atoms with Crippen molar-refractivity contribution in [2.45, 2.75) is 31.1 Å². The van der Waals surface area contributed by atoms with Crippen molar-refractivity contribution in [1.29, 1.82) is 0 Å². The van der Waals surface area contributed by atoms with Crippen LogP contribution in [0, 0.1) is 5.82 Å². The number of nitrogens with two attached hydrogens (primary N) is 1. The Balaban J connectivity index is 2.29. The van der Waals surface area contributed by atoms with Crippen LogP contribution in [0.5, 0.6) is 0 Å². The summed E-state index contributed by atoms with van der Waals surface area (Å²) in [5.41, 5.74) is -0.677. The van der Waals surface area contributed by atoms with Crippen LogP contribution in [-0.4, -0.2) is 24.5 Å². The van der Waals surface area contributed by atoms with Crippen LogP contribution >= 0.6 is 11.3 Å². The molecule has 0 fully saturated rings. The highest BCUT2D eigenvalue weighted by atomic mass is 32.2. The Morgan fingerprint density at radius 3 is 2.48 bits per heavy atom. The first kappa shape index (κ1) is 17.4. The standard InChI is InChI=1S/C13H15FN4O3S2/c1-13(2,3)11-17-18-12(22-11)16-10(19)8-6-7(23(15,20)21)4-5-9(8)14/h4-6H,1-3H3,(H2,15,20,21)(H,16,18,19). The number of carbonyl (C=O) groups is 1. The third-order valence-electron chi connectivity index (χ3n) is 2.80. The second-order valence-corrected chi connectivity index (χ2v) is 8.34. The second-order valence-electron chi connectivity index (χ2n) is 5.80. The number of sulfonamides is 1. The minimum atomic E-state index is -4.04. The lowest BCUT2D eigenvalue weighted by Gasteiger charge is -2.12. The monoisotopic (exact) mass is 358 g/mol. The van der Waals surface area contributed by atoms with Gasteiger partial charge in [-0.05, 0) is 18.2 Å². The number of benzene rings is 1. The molecule has 0 saturated carbocycles. The Morgan fingerprint density at radius 2 is 1.96 bits per heavy atom. The molecule has 124 valence electrons. The van der Waals surface area contributed by atoms with Crippen LogP contribution in [0.15, 0.2) is 23.1 Å². The molecule has 1 amide bonds. The first-order chi connectivity index (χ1) is 10.5. The van der Waals surface area contributed by atoms with Gasteiger partial charge in [0.15, 0.2) is 0 Å². The minimum Gasteiger partial charge on any atom is -0.296 e. The van der Waals surface area contributed by atoms with Gasteiger partial charge >= 0.3 is 0 Å². The number of hydrogen-bond acceptors (Lipinski definition) is 6. The van der Waals surface area contributed by atoms with Crippen molar-refractivity contribution in [3.63, 3.8) is 0 Å².